The fourth-order valence-corrected chi connectivity index (χ4v) is 3.41. The average Bonchev–Trinajstić information content (AvgIpc) is 3.45. The van der Waals surface area contributed by atoms with Gasteiger partial charge < -0.3 is 9.84 Å². The maximum absolute atomic E-state index is 14.2. The van der Waals surface area contributed by atoms with Crippen molar-refractivity contribution in [2.75, 3.05) is 5.32 Å². The van der Waals surface area contributed by atoms with Crippen LogP contribution in [0.25, 0.3) is 33.5 Å². The molecule has 0 saturated heterocycles. The lowest BCUT2D eigenvalue weighted by Crippen LogP contribution is -2.13. The van der Waals surface area contributed by atoms with Crippen LogP contribution in [0.5, 0.6) is 0 Å². The van der Waals surface area contributed by atoms with Gasteiger partial charge in [-0.1, -0.05) is 34.6 Å². The van der Waals surface area contributed by atoms with Crippen molar-refractivity contribution in [1.29, 1.82) is 5.26 Å². The van der Waals surface area contributed by atoms with Gasteiger partial charge >= 0.3 is 5.76 Å². The smallest absolute Gasteiger partial charge is 0.355 e. The summed E-state index contributed by atoms with van der Waals surface area (Å²) in [4.78, 5) is 26.8. The number of amides is 1. The van der Waals surface area contributed by atoms with Crippen LogP contribution >= 0.6 is 0 Å². The number of halogens is 1. The summed E-state index contributed by atoms with van der Waals surface area (Å²) in [6, 6.07) is 17.6. The second-order valence-electron chi connectivity index (χ2n) is 6.99. The van der Waals surface area contributed by atoms with E-state index in [-0.39, 0.29) is 28.3 Å². The normalized spacial score (nSPS) is 10.8. The number of fused-ring (bicyclic) bond motifs is 1. The third-order valence-electron chi connectivity index (χ3n) is 4.96. The maximum Gasteiger partial charge on any atom is 0.439 e. The lowest BCUT2D eigenvalue weighted by atomic mass is 10.0. The summed E-state index contributed by atoms with van der Waals surface area (Å²) in [6.07, 6.45) is 0. The Kier molecular flexibility index (Phi) is 4.76. The van der Waals surface area contributed by atoms with E-state index in [1.54, 1.807) is 36.4 Å². The summed E-state index contributed by atoms with van der Waals surface area (Å²) >= 11 is 0. The van der Waals surface area contributed by atoms with Crippen LogP contribution in [0.2, 0.25) is 0 Å². The summed E-state index contributed by atoms with van der Waals surface area (Å²) < 4.78 is 24.0. The zero-order valence-corrected chi connectivity index (χ0v) is 16.6. The molecule has 0 aliphatic carbocycles. The molecular formula is C23H12FN5O4. The predicted octanol–water partition coefficient (Wildman–Crippen LogP) is 4.10. The van der Waals surface area contributed by atoms with Crippen LogP contribution in [0.3, 0.4) is 0 Å². The van der Waals surface area contributed by atoms with Gasteiger partial charge in [-0.05, 0) is 42.0 Å². The standard InChI is InChI=1S/C23H12FN5O4/c24-17-4-2-1-3-14(17)13-6-8-19-16(10-13)20(28-32-19)22(30)26-18-7-5-12(11-25)9-15(18)21-27-23(31)33-29-21/h1-10H,(H,26,30)(H,27,29,31). The molecular weight excluding hydrogens is 429 g/mol. The molecule has 3 aromatic carbocycles. The van der Waals surface area contributed by atoms with E-state index in [1.165, 1.54) is 24.3 Å². The second kappa shape index (κ2) is 7.90. The van der Waals surface area contributed by atoms with E-state index in [0.717, 1.165) is 0 Å². The molecule has 0 spiro atoms. The number of anilines is 1. The van der Waals surface area contributed by atoms with E-state index in [1.807, 2.05) is 6.07 Å². The number of carbonyl (C=O) groups is 1. The van der Waals surface area contributed by atoms with E-state index in [9.17, 15) is 19.2 Å². The summed E-state index contributed by atoms with van der Waals surface area (Å²) in [5, 5.41) is 19.8. The van der Waals surface area contributed by atoms with Gasteiger partial charge in [-0.2, -0.15) is 5.26 Å². The van der Waals surface area contributed by atoms with Crippen LogP contribution in [-0.2, 0) is 0 Å². The highest BCUT2D eigenvalue weighted by Gasteiger charge is 2.20. The van der Waals surface area contributed by atoms with Crippen LogP contribution in [0.1, 0.15) is 16.1 Å². The predicted molar refractivity (Wildman–Crippen MR) is 115 cm³/mol. The molecule has 2 aromatic heterocycles. The number of nitrogens with one attached hydrogen (secondary N) is 2. The van der Waals surface area contributed by atoms with E-state index in [2.05, 4.69) is 25.1 Å². The molecule has 33 heavy (non-hydrogen) atoms. The van der Waals surface area contributed by atoms with Gasteiger partial charge in [0.2, 0.25) is 0 Å². The van der Waals surface area contributed by atoms with Crippen molar-refractivity contribution in [3.8, 4) is 28.6 Å². The molecule has 0 aliphatic rings. The van der Waals surface area contributed by atoms with Crippen LogP contribution in [0, 0.1) is 17.1 Å². The third-order valence-corrected chi connectivity index (χ3v) is 4.96. The Labute approximate surface area is 184 Å². The summed E-state index contributed by atoms with van der Waals surface area (Å²) in [5.41, 5.74) is 2.06. The van der Waals surface area contributed by atoms with Gasteiger partial charge in [-0.3, -0.25) is 14.3 Å². The average molecular weight is 441 g/mol. The highest BCUT2D eigenvalue weighted by molar-refractivity contribution is 6.12. The monoisotopic (exact) mass is 441 g/mol. The quantitative estimate of drug-likeness (QED) is 0.428. The first-order chi connectivity index (χ1) is 16.0. The Balaban J connectivity index is 1.54. The molecule has 2 N–H and O–H groups in total. The number of benzene rings is 3. The number of hydrogen-bond acceptors (Lipinski definition) is 7. The minimum atomic E-state index is -0.784. The van der Waals surface area contributed by atoms with Gasteiger partial charge in [0, 0.05) is 11.1 Å². The molecule has 5 aromatic rings. The van der Waals surface area contributed by atoms with E-state index in [0.29, 0.717) is 22.1 Å². The summed E-state index contributed by atoms with van der Waals surface area (Å²) in [7, 11) is 0. The van der Waals surface area contributed by atoms with Crippen molar-refractivity contribution < 1.29 is 18.2 Å². The highest BCUT2D eigenvalue weighted by Crippen LogP contribution is 2.30. The van der Waals surface area contributed by atoms with Gasteiger partial charge in [-0.15, -0.1) is 0 Å². The van der Waals surface area contributed by atoms with Gasteiger partial charge in [0.1, 0.15) is 5.82 Å². The number of rotatable bonds is 4. The Morgan fingerprint density at radius 3 is 2.64 bits per heavy atom. The Bertz CT molecular complexity index is 1630. The molecule has 0 bridgehead atoms. The summed E-state index contributed by atoms with van der Waals surface area (Å²) in [6.45, 7) is 0. The molecule has 0 saturated carbocycles. The minimum Gasteiger partial charge on any atom is -0.355 e. The van der Waals surface area contributed by atoms with Gasteiger partial charge in [0.15, 0.2) is 17.1 Å². The first-order valence-corrected chi connectivity index (χ1v) is 9.59. The Morgan fingerprint density at radius 2 is 1.88 bits per heavy atom. The SMILES string of the molecule is N#Cc1ccc(NC(=O)c2noc3ccc(-c4ccccc4F)cc23)c(-c2noc(=O)[nH]2)c1. The number of H-pyrrole nitrogens is 1. The highest BCUT2D eigenvalue weighted by atomic mass is 19.1. The number of nitriles is 1. The van der Waals surface area contributed by atoms with E-state index < -0.39 is 17.5 Å². The van der Waals surface area contributed by atoms with E-state index >= 15 is 0 Å². The van der Waals surface area contributed by atoms with Crippen LogP contribution in [-0.4, -0.2) is 21.2 Å². The van der Waals surface area contributed by atoms with Gasteiger partial charge in [0.05, 0.1) is 22.7 Å². The first-order valence-electron chi connectivity index (χ1n) is 9.59. The molecule has 0 atom stereocenters. The maximum atomic E-state index is 14.2. The number of aromatic amines is 1. The van der Waals surface area contributed by atoms with Gasteiger partial charge in [0.25, 0.3) is 5.91 Å². The van der Waals surface area contributed by atoms with Crippen molar-refractivity contribution in [3.63, 3.8) is 0 Å². The lowest BCUT2D eigenvalue weighted by Gasteiger charge is -2.08. The van der Waals surface area contributed by atoms with Crippen molar-refractivity contribution in [1.82, 2.24) is 15.3 Å². The van der Waals surface area contributed by atoms with E-state index in [4.69, 9.17) is 4.52 Å². The second-order valence-corrected chi connectivity index (χ2v) is 6.99. The Hall–Kier alpha value is -5.04. The van der Waals surface area contributed by atoms with Crippen LogP contribution in [0.15, 0.2) is 74.5 Å². The van der Waals surface area contributed by atoms with Gasteiger partial charge in [-0.25, -0.2) is 9.18 Å². The van der Waals surface area contributed by atoms with Crippen molar-refractivity contribution in [2.24, 2.45) is 0 Å². The third kappa shape index (κ3) is 3.64. The molecule has 1 amide bonds. The van der Waals surface area contributed by atoms with Crippen molar-refractivity contribution in [3.05, 3.63) is 88.3 Å². The fraction of sp³-hybridized carbons (Fsp3) is 0. The topological polar surface area (TPSA) is 138 Å². The largest absolute Gasteiger partial charge is 0.439 e. The van der Waals surface area contributed by atoms with Crippen molar-refractivity contribution >= 4 is 22.6 Å². The number of carbonyl (C=O) groups excluding carboxylic acids is 1. The molecule has 10 heteroatoms. The van der Waals surface area contributed by atoms with Crippen molar-refractivity contribution in [2.45, 2.75) is 0 Å². The zero-order valence-electron chi connectivity index (χ0n) is 16.6. The zero-order chi connectivity index (χ0) is 22.9. The molecule has 0 aliphatic heterocycles. The Morgan fingerprint density at radius 1 is 1.03 bits per heavy atom. The molecule has 2 heterocycles. The fourth-order valence-electron chi connectivity index (χ4n) is 3.41. The lowest BCUT2D eigenvalue weighted by molar-refractivity contribution is 0.102. The first kappa shape index (κ1) is 19.9. The number of aromatic nitrogens is 3. The number of hydrogen-bond donors (Lipinski definition) is 2. The summed E-state index contributed by atoms with van der Waals surface area (Å²) in [5.74, 6) is -1.76. The molecule has 9 nitrogen and oxygen atoms in total. The molecule has 0 fully saturated rings. The minimum absolute atomic E-state index is 0.0212. The molecule has 5 rings (SSSR count). The molecule has 0 unspecified atom stereocenters. The van der Waals surface area contributed by atoms with Crippen LogP contribution in [0.4, 0.5) is 10.1 Å². The number of nitrogens with zero attached hydrogens (tertiary/aromatic N) is 3. The molecule has 0 radical (unpaired) electrons. The van der Waals surface area contributed by atoms with Crippen LogP contribution < -0.4 is 11.1 Å². The molecule has 160 valence electrons.